The van der Waals surface area contributed by atoms with E-state index < -0.39 is 12.0 Å². The van der Waals surface area contributed by atoms with Crippen molar-refractivity contribution in [3.05, 3.63) is 39.8 Å². The van der Waals surface area contributed by atoms with Gasteiger partial charge < -0.3 is 5.11 Å². The summed E-state index contributed by atoms with van der Waals surface area (Å²) in [4.78, 5) is 13.4. The lowest BCUT2D eigenvalue weighted by atomic mass is 10.1. The van der Waals surface area contributed by atoms with Gasteiger partial charge in [0.05, 0.1) is 5.69 Å². The van der Waals surface area contributed by atoms with Gasteiger partial charge in [0.25, 0.3) is 0 Å². The van der Waals surface area contributed by atoms with E-state index in [2.05, 4.69) is 11.2 Å². The van der Waals surface area contributed by atoms with Gasteiger partial charge in [-0.05, 0) is 55.8 Å². The minimum atomic E-state index is -0.804. The molecule has 0 amide bonds. The number of rotatable bonds is 7. The second-order valence-corrected chi connectivity index (χ2v) is 6.06. The number of nitrogens with zero attached hydrogens (tertiary/aromatic N) is 3. The number of carboxylic acid groups (broad SMARTS) is 1. The number of carbonyl (C=O) groups is 1. The van der Waals surface area contributed by atoms with Gasteiger partial charge >= 0.3 is 5.97 Å². The van der Waals surface area contributed by atoms with Crippen LogP contribution in [0.25, 0.3) is 0 Å². The first-order chi connectivity index (χ1) is 9.99. The van der Waals surface area contributed by atoms with Gasteiger partial charge in [-0.2, -0.15) is 16.4 Å². The zero-order valence-corrected chi connectivity index (χ0v) is 13.4. The molecule has 2 heterocycles. The van der Waals surface area contributed by atoms with Gasteiger partial charge in [0.15, 0.2) is 0 Å². The van der Waals surface area contributed by atoms with Crippen LogP contribution in [0.15, 0.2) is 22.9 Å². The summed E-state index contributed by atoms with van der Waals surface area (Å²) >= 11 is 1.52. The molecule has 0 aliphatic heterocycles. The average Bonchev–Trinajstić information content (AvgIpc) is 3.00. The van der Waals surface area contributed by atoms with Gasteiger partial charge in [-0.1, -0.05) is 0 Å². The van der Waals surface area contributed by atoms with Crippen LogP contribution in [0.1, 0.15) is 29.4 Å². The van der Waals surface area contributed by atoms with Crippen molar-refractivity contribution in [1.82, 2.24) is 14.7 Å². The van der Waals surface area contributed by atoms with Crippen molar-refractivity contribution in [2.24, 2.45) is 0 Å². The Morgan fingerprint density at radius 2 is 2.29 bits per heavy atom. The van der Waals surface area contributed by atoms with Crippen molar-refractivity contribution >= 4 is 17.3 Å². The lowest BCUT2D eigenvalue weighted by molar-refractivity contribution is -0.143. The Hall–Kier alpha value is -1.66. The van der Waals surface area contributed by atoms with E-state index in [1.54, 1.807) is 0 Å². The molecule has 0 bridgehead atoms. The Morgan fingerprint density at radius 3 is 2.81 bits per heavy atom. The fraction of sp³-hybridized carbons (Fsp3) is 0.467. The summed E-state index contributed by atoms with van der Waals surface area (Å²) < 4.78 is 1.98. The summed E-state index contributed by atoms with van der Waals surface area (Å²) in [5.74, 6) is -0.804. The number of thiophene rings is 1. The molecule has 5 nitrogen and oxygen atoms in total. The van der Waals surface area contributed by atoms with Crippen LogP contribution < -0.4 is 0 Å². The maximum atomic E-state index is 11.5. The molecule has 114 valence electrons. The third-order valence-electron chi connectivity index (χ3n) is 3.52. The quantitative estimate of drug-likeness (QED) is 0.854. The second kappa shape index (κ2) is 6.87. The Labute approximate surface area is 128 Å². The average molecular weight is 307 g/mol. The normalized spacial score (nSPS) is 12.8. The SMILES string of the molecule is Cc1cc(C)n(CCCN(C)[C@@H](C(=O)O)c2ccsc2)n1. The van der Waals surface area contributed by atoms with Crippen LogP contribution in [0.4, 0.5) is 0 Å². The molecule has 0 saturated carbocycles. The number of aliphatic carboxylic acids is 1. The summed E-state index contributed by atoms with van der Waals surface area (Å²) in [5, 5.41) is 17.7. The molecule has 0 unspecified atom stereocenters. The van der Waals surface area contributed by atoms with Crippen molar-refractivity contribution in [3.8, 4) is 0 Å². The fourth-order valence-electron chi connectivity index (χ4n) is 2.52. The van der Waals surface area contributed by atoms with E-state index in [9.17, 15) is 9.90 Å². The molecular weight excluding hydrogens is 286 g/mol. The fourth-order valence-corrected chi connectivity index (χ4v) is 3.20. The van der Waals surface area contributed by atoms with Gasteiger partial charge in [0, 0.05) is 18.8 Å². The molecule has 1 atom stereocenters. The van der Waals surface area contributed by atoms with Crippen LogP contribution in [0.3, 0.4) is 0 Å². The molecule has 0 fully saturated rings. The van der Waals surface area contributed by atoms with Crippen molar-refractivity contribution in [2.75, 3.05) is 13.6 Å². The van der Waals surface area contributed by atoms with E-state index in [-0.39, 0.29) is 0 Å². The van der Waals surface area contributed by atoms with Gasteiger partial charge in [0.1, 0.15) is 6.04 Å². The number of hydrogen-bond donors (Lipinski definition) is 1. The smallest absolute Gasteiger partial charge is 0.325 e. The number of hydrogen-bond acceptors (Lipinski definition) is 4. The largest absolute Gasteiger partial charge is 0.480 e. The Morgan fingerprint density at radius 1 is 1.52 bits per heavy atom. The highest BCUT2D eigenvalue weighted by Gasteiger charge is 2.24. The monoisotopic (exact) mass is 307 g/mol. The van der Waals surface area contributed by atoms with Gasteiger partial charge in [-0.15, -0.1) is 0 Å². The molecule has 0 aromatic carbocycles. The predicted octanol–water partition coefficient (Wildman–Crippen LogP) is 2.71. The standard InChI is InChI=1S/C15H21N3O2S/c1-11-9-12(2)18(16-11)7-4-6-17(3)14(15(19)20)13-5-8-21-10-13/h5,8-10,14H,4,6-7H2,1-3H3,(H,19,20)/t14-/m1/s1. The Kier molecular flexibility index (Phi) is 5.14. The van der Waals surface area contributed by atoms with E-state index in [0.29, 0.717) is 6.54 Å². The first kappa shape index (κ1) is 15.7. The first-order valence-electron chi connectivity index (χ1n) is 6.95. The molecule has 21 heavy (non-hydrogen) atoms. The second-order valence-electron chi connectivity index (χ2n) is 5.28. The van der Waals surface area contributed by atoms with Crippen LogP contribution >= 0.6 is 11.3 Å². The molecular formula is C15H21N3O2S. The van der Waals surface area contributed by atoms with Crippen molar-refractivity contribution in [1.29, 1.82) is 0 Å². The summed E-state index contributed by atoms with van der Waals surface area (Å²) in [6.07, 6.45) is 0.867. The van der Waals surface area contributed by atoms with E-state index in [4.69, 9.17) is 0 Å². The molecule has 0 saturated heterocycles. The van der Waals surface area contributed by atoms with Gasteiger partial charge in [-0.3, -0.25) is 14.4 Å². The molecule has 6 heteroatoms. The third kappa shape index (κ3) is 3.92. The van der Waals surface area contributed by atoms with E-state index in [0.717, 1.165) is 29.9 Å². The summed E-state index contributed by atoms with van der Waals surface area (Å²) in [7, 11) is 1.86. The summed E-state index contributed by atoms with van der Waals surface area (Å²) in [6.45, 7) is 5.53. The molecule has 0 aliphatic carbocycles. The molecule has 0 spiro atoms. The summed E-state index contributed by atoms with van der Waals surface area (Å²) in [5.41, 5.74) is 3.01. The van der Waals surface area contributed by atoms with Crippen LogP contribution in [-0.4, -0.2) is 39.3 Å². The highest BCUT2D eigenvalue weighted by atomic mass is 32.1. The third-order valence-corrected chi connectivity index (χ3v) is 4.22. The number of aromatic nitrogens is 2. The molecule has 2 aromatic heterocycles. The number of likely N-dealkylation sites (N-methyl/N-ethyl adjacent to an activating group) is 1. The van der Waals surface area contributed by atoms with Crippen molar-refractivity contribution in [3.63, 3.8) is 0 Å². The zero-order chi connectivity index (χ0) is 15.4. The maximum Gasteiger partial charge on any atom is 0.325 e. The van der Waals surface area contributed by atoms with E-state index in [1.807, 2.05) is 47.3 Å². The first-order valence-corrected chi connectivity index (χ1v) is 7.89. The molecule has 0 aliphatic rings. The van der Waals surface area contributed by atoms with Crippen LogP contribution in [0.2, 0.25) is 0 Å². The number of aryl methyl sites for hydroxylation is 3. The molecule has 2 rings (SSSR count). The van der Waals surface area contributed by atoms with Crippen LogP contribution in [0, 0.1) is 13.8 Å². The topological polar surface area (TPSA) is 58.4 Å². The van der Waals surface area contributed by atoms with Gasteiger partial charge in [-0.25, -0.2) is 0 Å². The van der Waals surface area contributed by atoms with Crippen LogP contribution in [0.5, 0.6) is 0 Å². The lowest BCUT2D eigenvalue weighted by Crippen LogP contribution is -2.31. The zero-order valence-electron chi connectivity index (χ0n) is 12.6. The number of carboxylic acids is 1. The Bertz CT molecular complexity index is 592. The highest BCUT2D eigenvalue weighted by Crippen LogP contribution is 2.22. The summed E-state index contributed by atoms with van der Waals surface area (Å²) in [6, 6.07) is 3.35. The predicted molar refractivity (Wildman–Crippen MR) is 83.6 cm³/mol. The minimum absolute atomic E-state index is 0.572. The van der Waals surface area contributed by atoms with E-state index in [1.165, 1.54) is 11.3 Å². The lowest BCUT2D eigenvalue weighted by Gasteiger charge is -2.24. The van der Waals surface area contributed by atoms with Crippen LogP contribution in [-0.2, 0) is 11.3 Å². The van der Waals surface area contributed by atoms with Crippen molar-refractivity contribution in [2.45, 2.75) is 32.9 Å². The van der Waals surface area contributed by atoms with Crippen molar-refractivity contribution < 1.29 is 9.90 Å². The molecule has 2 aromatic rings. The Balaban J connectivity index is 1.92. The minimum Gasteiger partial charge on any atom is -0.480 e. The maximum absolute atomic E-state index is 11.5. The highest BCUT2D eigenvalue weighted by molar-refractivity contribution is 7.08. The molecule has 1 N–H and O–H groups in total. The van der Waals surface area contributed by atoms with Gasteiger partial charge in [0.2, 0.25) is 0 Å². The molecule has 0 radical (unpaired) electrons. The van der Waals surface area contributed by atoms with E-state index >= 15 is 0 Å².